The molecule has 0 saturated carbocycles. The van der Waals surface area contributed by atoms with Gasteiger partial charge >= 0.3 is 0 Å². The fraction of sp³-hybridized carbons (Fsp3) is 0.444. The molecule has 0 unspecified atom stereocenters. The number of imidazole rings is 1. The SMILES string of the molecule is Cc1c(Cl)cccc1-n1ccnc1SCC(=O)N1CCCN(C)CC1. The molecule has 1 aliphatic heterocycles. The smallest absolute Gasteiger partial charge is 0.233 e. The zero-order valence-electron chi connectivity index (χ0n) is 14.6. The van der Waals surface area contributed by atoms with Crippen LogP contribution < -0.4 is 0 Å². The summed E-state index contributed by atoms with van der Waals surface area (Å²) in [6.45, 7) is 5.62. The Labute approximate surface area is 158 Å². The molecule has 25 heavy (non-hydrogen) atoms. The number of carbonyl (C=O) groups is 1. The van der Waals surface area contributed by atoms with E-state index in [9.17, 15) is 4.79 Å². The number of halogens is 1. The molecule has 3 rings (SSSR count). The van der Waals surface area contributed by atoms with Gasteiger partial charge in [-0.3, -0.25) is 9.36 Å². The lowest BCUT2D eigenvalue weighted by Gasteiger charge is -2.20. The molecule has 1 amide bonds. The van der Waals surface area contributed by atoms with Gasteiger partial charge in [0.1, 0.15) is 0 Å². The minimum Gasteiger partial charge on any atom is -0.341 e. The monoisotopic (exact) mass is 378 g/mol. The van der Waals surface area contributed by atoms with Gasteiger partial charge in [0.15, 0.2) is 5.16 Å². The fourth-order valence-electron chi connectivity index (χ4n) is 2.95. The number of nitrogens with zero attached hydrogens (tertiary/aromatic N) is 4. The second-order valence-corrected chi connectivity index (χ2v) is 7.64. The van der Waals surface area contributed by atoms with Crippen molar-refractivity contribution in [2.24, 2.45) is 0 Å². The third-order valence-electron chi connectivity index (χ3n) is 4.50. The first-order chi connectivity index (χ1) is 12.1. The van der Waals surface area contributed by atoms with Gasteiger partial charge in [0, 0.05) is 37.1 Å². The predicted molar refractivity (Wildman–Crippen MR) is 103 cm³/mol. The van der Waals surface area contributed by atoms with Gasteiger partial charge in [-0.25, -0.2) is 4.98 Å². The molecule has 5 nitrogen and oxygen atoms in total. The Kier molecular flexibility index (Phi) is 6.04. The number of aromatic nitrogens is 2. The van der Waals surface area contributed by atoms with Crippen LogP contribution >= 0.6 is 23.4 Å². The highest BCUT2D eigenvalue weighted by Crippen LogP contribution is 2.26. The van der Waals surface area contributed by atoms with Gasteiger partial charge in [-0.1, -0.05) is 29.4 Å². The second kappa shape index (κ2) is 8.25. The van der Waals surface area contributed by atoms with Crippen molar-refractivity contribution in [2.75, 3.05) is 39.0 Å². The molecule has 1 saturated heterocycles. The highest BCUT2D eigenvalue weighted by Gasteiger charge is 2.19. The molecule has 0 atom stereocenters. The number of thioether (sulfide) groups is 1. The molecule has 1 fully saturated rings. The van der Waals surface area contributed by atoms with Gasteiger partial charge in [0.25, 0.3) is 0 Å². The van der Waals surface area contributed by atoms with Crippen LogP contribution in [0.4, 0.5) is 0 Å². The maximum atomic E-state index is 12.6. The number of likely N-dealkylation sites (N-methyl/N-ethyl adjacent to an activating group) is 1. The lowest BCUT2D eigenvalue weighted by atomic mass is 10.2. The van der Waals surface area contributed by atoms with Crippen LogP contribution in [0.5, 0.6) is 0 Å². The summed E-state index contributed by atoms with van der Waals surface area (Å²) in [4.78, 5) is 21.2. The Morgan fingerprint density at radius 2 is 2.12 bits per heavy atom. The van der Waals surface area contributed by atoms with Crippen molar-refractivity contribution in [1.29, 1.82) is 0 Å². The Morgan fingerprint density at radius 1 is 1.28 bits per heavy atom. The first-order valence-corrected chi connectivity index (χ1v) is 9.80. The zero-order chi connectivity index (χ0) is 17.8. The summed E-state index contributed by atoms with van der Waals surface area (Å²) in [7, 11) is 2.10. The van der Waals surface area contributed by atoms with Crippen molar-refractivity contribution in [2.45, 2.75) is 18.5 Å². The summed E-state index contributed by atoms with van der Waals surface area (Å²) in [6.07, 6.45) is 4.70. The highest BCUT2D eigenvalue weighted by molar-refractivity contribution is 7.99. The zero-order valence-corrected chi connectivity index (χ0v) is 16.2. The average Bonchev–Trinajstić information content (AvgIpc) is 2.95. The Bertz CT molecular complexity index is 748. The second-order valence-electron chi connectivity index (χ2n) is 6.29. The van der Waals surface area contributed by atoms with Crippen molar-refractivity contribution in [3.8, 4) is 5.69 Å². The maximum Gasteiger partial charge on any atom is 0.233 e. The Hall–Kier alpha value is -1.50. The third kappa shape index (κ3) is 4.37. The van der Waals surface area contributed by atoms with E-state index in [0.717, 1.165) is 54.0 Å². The molecule has 1 aromatic heterocycles. The van der Waals surface area contributed by atoms with Gasteiger partial charge in [-0.15, -0.1) is 0 Å². The third-order valence-corrected chi connectivity index (χ3v) is 5.86. The quantitative estimate of drug-likeness (QED) is 0.766. The van der Waals surface area contributed by atoms with E-state index in [2.05, 4.69) is 16.9 Å². The molecule has 2 aromatic rings. The topological polar surface area (TPSA) is 41.4 Å². The molecule has 2 heterocycles. The van der Waals surface area contributed by atoms with E-state index in [0.29, 0.717) is 5.75 Å². The average molecular weight is 379 g/mol. The number of hydrogen-bond acceptors (Lipinski definition) is 4. The summed E-state index contributed by atoms with van der Waals surface area (Å²) in [5, 5.41) is 1.54. The van der Waals surface area contributed by atoms with Gasteiger partial charge in [-0.05, 0) is 44.6 Å². The van der Waals surface area contributed by atoms with Crippen LogP contribution in [0.3, 0.4) is 0 Å². The summed E-state index contributed by atoms with van der Waals surface area (Å²) < 4.78 is 2.00. The first kappa shape index (κ1) is 18.3. The van der Waals surface area contributed by atoms with Crippen molar-refractivity contribution in [3.63, 3.8) is 0 Å². The molecule has 1 aliphatic rings. The Morgan fingerprint density at radius 3 is 2.96 bits per heavy atom. The van der Waals surface area contributed by atoms with Crippen molar-refractivity contribution in [1.82, 2.24) is 19.4 Å². The van der Waals surface area contributed by atoms with Crippen LogP contribution in [0.15, 0.2) is 35.7 Å². The van der Waals surface area contributed by atoms with Crippen molar-refractivity contribution in [3.05, 3.63) is 41.2 Å². The molecule has 0 aliphatic carbocycles. The van der Waals surface area contributed by atoms with E-state index in [1.807, 2.05) is 40.8 Å². The van der Waals surface area contributed by atoms with E-state index in [1.165, 1.54) is 11.8 Å². The molecule has 134 valence electrons. The number of benzene rings is 1. The highest BCUT2D eigenvalue weighted by atomic mass is 35.5. The summed E-state index contributed by atoms with van der Waals surface area (Å²) >= 11 is 7.71. The summed E-state index contributed by atoms with van der Waals surface area (Å²) in [5.74, 6) is 0.582. The van der Waals surface area contributed by atoms with Gasteiger partial charge in [0.2, 0.25) is 5.91 Å². The summed E-state index contributed by atoms with van der Waals surface area (Å²) in [5.41, 5.74) is 2.00. The van der Waals surface area contributed by atoms with E-state index < -0.39 is 0 Å². The van der Waals surface area contributed by atoms with Crippen LogP contribution in [0.1, 0.15) is 12.0 Å². The Balaban J connectivity index is 1.67. The molecule has 1 aromatic carbocycles. The van der Waals surface area contributed by atoms with Crippen LogP contribution in [-0.2, 0) is 4.79 Å². The molecule has 0 spiro atoms. The largest absolute Gasteiger partial charge is 0.341 e. The molecule has 0 bridgehead atoms. The number of rotatable bonds is 4. The van der Waals surface area contributed by atoms with Gasteiger partial charge < -0.3 is 9.80 Å². The number of hydrogen-bond donors (Lipinski definition) is 0. The van der Waals surface area contributed by atoms with Crippen molar-refractivity contribution >= 4 is 29.3 Å². The molecule has 7 heteroatoms. The summed E-state index contributed by atoms with van der Waals surface area (Å²) in [6, 6.07) is 5.82. The minimum atomic E-state index is 0.178. The lowest BCUT2D eigenvalue weighted by molar-refractivity contribution is -0.128. The van der Waals surface area contributed by atoms with Crippen LogP contribution in [0.2, 0.25) is 5.02 Å². The normalized spacial score (nSPS) is 16.0. The van der Waals surface area contributed by atoms with E-state index in [1.54, 1.807) is 6.20 Å². The van der Waals surface area contributed by atoms with Gasteiger partial charge in [0.05, 0.1) is 11.4 Å². The number of amides is 1. The first-order valence-electron chi connectivity index (χ1n) is 8.44. The molecule has 0 radical (unpaired) electrons. The minimum absolute atomic E-state index is 0.178. The molecular weight excluding hydrogens is 356 g/mol. The maximum absolute atomic E-state index is 12.6. The van der Waals surface area contributed by atoms with Gasteiger partial charge in [-0.2, -0.15) is 0 Å². The van der Waals surface area contributed by atoms with Crippen LogP contribution in [0, 0.1) is 6.92 Å². The molecule has 0 N–H and O–H groups in total. The van der Waals surface area contributed by atoms with Crippen LogP contribution in [0.25, 0.3) is 5.69 Å². The van der Waals surface area contributed by atoms with E-state index in [4.69, 9.17) is 11.6 Å². The lowest BCUT2D eigenvalue weighted by Crippen LogP contribution is -2.35. The fourth-order valence-corrected chi connectivity index (χ4v) is 3.99. The predicted octanol–water partition coefficient (Wildman–Crippen LogP) is 3.09. The molecular formula is C18H23ClN4OS. The van der Waals surface area contributed by atoms with Crippen molar-refractivity contribution < 1.29 is 4.79 Å². The van der Waals surface area contributed by atoms with E-state index in [-0.39, 0.29) is 5.91 Å². The van der Waals surface area contributed by atoms with E-state index >= 15 is 0 Å². The van der Waals surface area contributed by atoms with Crippen LogP contribution in [-0.4, -0.2) is 64.2 Å². The standard InChI is InChI=1S/C18H23ClN4OS/c1-14-15(19)5-3-6-16(14)23-10-7-20-18(23)25-13-17(24)22-9-4-8-21(2)11-12-22/h3,5-7,10H,4,8-9,11-13H2,1-2H3. The number of carbonyl (C=O) groups excluding carboxylic acids is 1.